The molecule has 0 aromatic heterocycles. The number of hydrogen-bond acceptors (Lipinski definition) is 2. The van der Waals surface area contributed by atoms with E-state index in [1.165, 1.54) is 0 Å². The Morgan fingerprint density at radius 2 is 1.44 bits per heavy atom. The van der Waals surface area contributed by atoms with E-state index in [1.54, 1.807) is 14.1 Å². The van der Waals surface area contributed by atoms with E-state index < -0.39 is 0 Å². The topological polar surface area (TPSA) is 71.8 Å². The van der Waals surface area contributed by atoms with Gasteiger partial charge in [-0.25, -0.2) is 0 Å². The van der Waals surface area contributed by atoms with Gasteiger partial charge in [-0.15, -0.1) is 0 Å². The molecule has 4 heteroatoms. The Morgan fingerprint density at radius 1 is 1.11 bits per heavy atom. The molecule has 0 bridgehead atoms. The Labute approximate surface area is 54.7 Å². The lowest BCUT2D eigenvalue weighted by atomic mass is 10.3. The molecule has 0 aromatic carbocycles. The predicted molar refractivity (Wildman–Crippen MR) is 38.2 cm³/mol. The molecule has 0 heterocycles. The fourth-order valence-electron chi connectivity index (χ4n) is 0.354. The van der Waals surface area contributed by atoms with E-state index in [2.05, 4.69) is 10.6 Å². The van der Waals surface area contributed by atoms with Gasteiger partial charge in [0, 0.05) is 14.1 Å². The molecule has 4 N–H and O–H groups in total. The number of hydrogen-bond donors (Lipinski definition) is 4. The van der Waals surface area contributed by atoms with Crippen molar-refractivity contribution in [3.63, 3.8) is 0 Å². The molecular formula is C5H12N4. The van der Waals surface area contributed by atoms with Gasteiger partial charge in [0.15, 0.2) is 0 Å². The van der Waals surface area contributed by atoms with Crippen LogP contribution in [-0.4, -0.2) is 25.8 Å². The maximum atomic E-state index is 7.08. The summed E-state index contributed by atoms with van der Waals surface area (Å²) in [6.45, 7) is 0. The molecule has 0 spiro atoms. The van der Waals surface area contributed by atoms with Crippen molar-refractivity contribution >= 4 is 11.7 Å². The molecule has 0 aliphatic heterocycles. The smallest absolute Gasteiger partial charge is 0.100 e. The van der Waals surface area contributed by atoms with Gasteiger partial charge >= 0.3 is 0 Å². The molecule has 0 amide bonds. The molecule has 0 fully saturated rings. The summed E-state index contributed by atoms with van der Waals surface area (Å²) in [7, 11) is 3.34. The minimum Gasteiger partial charge on any atom is -0.377 e. The standard InChI is InChI=1S/C5H12N4/c1-8-4(6)3-5(7)9-2/h3H2,1-2H3,(H2,6,8)(H2,7,9). The highest BCUT2D eigenvalue weighted by molar-refractivity contribution is 5.99. The molecule has 0 unspecified atom stereocenters. The molecule has 52 valence electrons. The van der Waals surface area contributed by atoms with Crippen molar-refractivity contribution in [1.29, 1.82) is 10.8 Å². The maximum Gasteiger partial charge on any atom is 0.100 e. The van der Waals surface area contributed by atoms with Crippen molar-refractivity contribution in [2.75, 3.05) is 14.1 Å². The van der Waals surface area contributed by atoms with Crippen LogP contribution < -0.4 is 10.6 Å². The van der Waals surface area contributed by atoms with E-state index in [9.17, 15) is 0 Å². The summed E-state index contributed by atoms with van der Waals surface area (Å²) in [4.78, 5) is 0. The minimum atomic E-state index is 0.354. The summed E-state index contributed by atoms with van der Waals surface area (Å²) in [5.41, 5.74) is 0. The Kier molecular flexibility index (Phi) is 3.43. The first kappa shape index (κ1) is 7.94. The van der Waals surface area contributed by atoms with Gasteiger partial charge in [0.25, 0.3) is 0 Å². The van der Waals surface area contributed by atoms with E-state index in [4.69, 9.17) is 10.8 Å². The van der Waals surface area contributed by atoms with Crippen LogP contribution in [0.5, 0.6) is 0 Å². The summed E-state index contributed by atoms with van der Waals surface area (Å²) in [6, 6.07) is 0. The van der Waals surface area contributed by atoms with Gasteiger partial charge in [-0.3, -0.25) is 10.8 Å². The summed E-state index contributed by atoms with van der Waals surface area (Å²) in [5, 5.41) is 19.4. The lowest BCUT2D eigenvalue weighted by molar-refractivity contribution is 1.05. The van der Waals surface area contributed by atoms with E-state index in [0.717, 1.165) is 0 Å². The Hall–Kier alpha value is -1.06. The molecule has 0 saturated heterocycles. The minimum absolute atomic E-state index is 0.354. The Morgan fingerprint density at radius 3 is 1.67 bits per heavy atom. The number of rotatable bonds is 2. The predicted octanol–water partition coefficient (Wildman–Crippen LogP) is -0.230. The third-order valence-corrected chi connectivity index (χ3v) is 0.957. The fraction of sp³-hybridized carbons (Fsp3) is 0.600. The van der Waals surface area contributed by atoms with Crippen molar-refractivity contribution in [3.8, 4) is 0 Å². The third kappa shape index (κ3) is 3.52. The Bertz CT molecular complexity index is 104. The molecule has 9 heavy (non-hydrogen) atoms. The number of amidine groups is 2. The zero-order valence-corrected chi connectivity index (χ0v) is 5.71. The van der Waals surface area contributed by atoms with E-state index in [-0.39, 0.29) is 0 Å². The van der Waals surface area contributed by atoms with Crippen molar-refractivity contribution in [1.82, 2.24) is 10.6 Å². The van der Waals surface area contributed by atoms with Crippen LogP contribution in [-0.2, 0) is 0 Å². The van der Waals surface area contributed by atoms with Gasteiger partial charge in [0.1, 0.15) is 11.7 Å². The zero-order chi connectivity index (χ0) is 7.28. The molecular weight excluding hydrogens is 116 g/mol. The molecule has 0 aliphatic carbocycles. The molecule has 0 aliphatic rings. The van der Waals surface area contributed by atoms with Crippen LogP contribution in [0.1, 0.15) is 6.42 Å². The summed E-state index contributed by atoms with van der Waals surface area (Å²) in [5.74, 6) is 0.712. The highest BCUT2D eigenvalue weighted by Gasteiger charge is 1.95. The first-order chi connectivity index (χ1) is 4.20. The van der Waals surface area contributed by atoms with Gasteiger partial charge in [-0.2, -0.15) is 0 Å². The van der Waals surface area contributed by atoms with Crippen molar-refractivity contribution in [2.45, 2.75) is 6.42 Å². The lowest BCUT2D eigenvalue weighted by Gasteiger charge is -2.02. The van der Waals surface area contributed by atoms with Crippen LogP contribution in [0.4, 0.5) is 0 Å². The second kappa shape index (κ2) is 3.88. The van der Waals surface area contributed by atoms with E-state index in [1.807, 2.05) is 0 Å². The van der Waals surface area contributed by atoms with Crippen LogP contribution in [0.3, 0.4) is 0 Å². The normalized spacial score (nSPS) is 8.22. The molecule has 0 atom stereocenters. The summed E-state index contributed by atoms with van der Waals surface area (Å²) < 4.78 is 0. The molecule has 4 nitrogen and oxygen atoms in total. The van der Waals surface area contributed by atoms with E-state index >= 15 is 0 Å². The van der Waals surface area contributed by atoms with Crippen LogP contribution in [0.2, 0.25) is 0 Å². The average molecular weight is 128 g/mol. The second-order valence-electron chi connectivity index (χ2n) is 1.63. The SMILES string of the molecule is CNC(=N)CC(=N)NC. The highest BCUT2D eigenvalue weighted by atomic mass is 14.9. The van der Waals surface area contributed by atoms with Crippen LogP contribution >= 0.6 is 0 Å². The molecule has 0 aromatic rings. The molecule has 0 saturated carbocycles. The first-order valence-corrected chi connectivity index (χ1v) is 2.71. The quantitative estimate of drug-likeness (QED) is 0.306. The van der Waals surface area contributed by atoms with Gasteiger partial charge in [0.05, 0.1) is 6.42 Å². The summed E-state index contributed by atoms with van der Waals surface area (Å²) >= 11 is 0. The fourth-order valence-corrected chi connectivity index (χ4v) is 0.354. The monoisotopic (exact) mass is 128 g/mol. The van der Waals surface area contributed by atoms with Crippen LogP contribution in [0, 0.1) is 10.8 Å². The van der Waals surface area contributed by atoms with Gasteiger partial charge in [-0.05, 0) is 0 Å². The van der Waals surface area contributed by atoms with Crippen molar-refractivity contribution in [2.24, 2.45) is 0 Å². The maximum absolute atomic E-state index is 7.08. The highest BCUT2D eigenvalue weighted by Crippen LogP contribution is 1.77. The van der Waals surface area contributed by atoms with Crippen LogP contribution in [0.15, 0.2) is 0 Å². The van der Waals surface area contributed by atoms with E-state index in [0.29, 0.717) is 18.1 Å². The summed E-state index contributed by atoms with van der Waals surface area (Å²) in [6.07, 6.45) is 0.354. The largest absolute Gasteiger partial charge is 0.377 e. The number of nitrogens with one attached hydrogen (secondary N) is 4. The van der Waals surface area contributed by atoms with Crippen LogP contribution in [0.25, 0.3) is 0 Å². The lowest BCUT2D eigenvalue weighted by Crippen LogP contribution is -2.26. The average Bonchev–Trinajstić information content (AvgIpc) is 1.87. The van der Waals surface area contributed by atoms with Crippen molar-refractivity contribution < 1.29 is 0 Å². The van der Waals surface area contributed by atoms with Gasteiger partial charge in [-0.1, -0.05) is 0 Å². The third-order valence-electron chi connectivity index (χ3n) is 0.957. The van der Waals surface area contributed by atoms with Gasteiger partial charge in [0.2, 0.25) is 0 Å². The first-order valence-electron chi connectivity index (χ1n) is 2.71. The zero-order valence-electron chi connectivity index (χ0n) is 5.71. The molecule has 0 rings (SSSR count). The second-order valence-corrected chi connectivity index (χ2v) is 1.63. The molecule has 0 radical (unpaired) electrons. The Balaban J connectivity index is 3.47. The van der Waals surface area contributed by atoms with Gasteiger partial charge < -0.3 is 10.6 Å². The van der Waals surface area contributed by atoms with Crippen molar-refractivity contribution in [3.05, 3.63) is 0 Å².